The average molecular weight is 297 g/mol. The molecule has 6 heteroatoms. The normalized spacial score (nSPS) is 16.5. The number of rotatable bonds is 3. The predicted octanol–water partition coefficient (Wildman–Crippen LogP) is 1.88. The minimum atomic E-state index is 0.772. The molecule has 3 heterocycles. The van der Waals surface area contributed by atoms with Crippen LogP contribution in [0.2, 0.25) is 0 Å². The Balaban J connectivity index is 1.40. The first-order chi connectivity index (χ1) is 10.8. The smallest absolute Gasteiger partial charge is 0.209 e. The molecule has 0 bridgehead atoms. The number of piperazine rings is 1. The van der Waals surface area contributed by atoms with Crippen LogP contribution in [0.4, 0.5) is 5.82 Å². The van der Waals surface area contributed by atoms with Crippen molar-refractivity contribution in [1.29, 1.82) is 0 Å². The summed E-state index contributed by atoms with van der Waals surface area (Å²) in [4.78, 5) is 9.31. The number of hydrogen-bond donors (Lipinski definition) is 0. The molecule has 0 saturated carbocycles. The van der Waals surface area contributed by atoms with E-state index in [0.717, 1.165) is 49.7 Å². The van der Waals surface area contributed by atoms with Crippen LogP contribution in [-0.2, 0) is 13.6 Å². The van der Waals surface area contributed by atoms with Gasteiger partial charge in [-0.3, -0.25) is 9.58 Å². The number of oxazole rings is 1. The van der Waals surface area contributed by atoms with E-state index in [1.807, 2.05) is 42.2 Å². The van der Waals surface area contributed by atoms with Crippen LogP contribution in [0.25, 0.3) is 11.1 Å². The molecule has 1 aliphatic heterocycles. The maximum absolute atomic E-state index is 5.81. The highest BCUT2D eigenvalue weighted by Gasteiger charge is 2.20. The first-order valence-corrected chi connectivity index (χ1v) is 7.59. The van der Waals surface area contributed by atoms with Crippen LogP contribution in [0, 0.1) is 0 Å². The Hall–Kier alpha value is -2.34. The van der Waals surface area contributed by atoms with Gasteiger partial charge in [0.2, 0.25) is 5.89 Å². The molecule has 4 rings (SSSR count). The van der Waals surface area contributed by atoms with Crippen molar-refractivity contribution in [2.75, 3.05) is 31.1 Å². The van der Waals surface area contributed by atoms with Crippen molar-refractivity contribution >= 4 is 16.9 Å². The monoisotopic (exact) mass is 297 g/mol. The second-order valence-electron chi connectivity index (χ2n) is 5.65. The number of aromatic nitrogens is 3. The number of benzene rings is 1. The van der Waals surface area contributed by atoms with Crippen molar-refractivity contribution < 1.29 is 4.42 Å². The highest BCUT2D eigenvalue weighted by Crippen LogP contribution is 2.18. The largest absolute Gasteiger partial charge is 0.439 e. The topological polar surface area (TPSA) is 50.3 Å². The lowest BCUT2D eigenvalue weighted by atomic mass is 10.3. The maximum Gasteiger partial charge on any atom is 0.209 e. The minimum Gasteiger partial charge on any atom is -0.439 e. The number of nitrogens with zero attached hydrogens (tertiary/aromatic N) is 5. The van der Waals surface area contributed by atoms with Gasteiger partial charge in [-0.1, -0.05) is 12.1 Å². The van der Waals surface area contributed by atoms with E-state index >= 15 is 0 Å². The van der Waals surface area contributed by atoms with E-state index in [9.17, 15) is 0 Å². The molecule has 0 atom stereocenters. The molecule has 0 spiro atoms. The molecule has 1 aromatic carbocycles. The van der Waals surface area contributed by atoms with E-state index in [1.165, 1.54) is 5.82 Å². The third-order valence-corrected chi connectivity index (χ3v) is 4.19. The van der Waals surface area contributed by atoms with E-state index in [2.05, 4.69) is 25.9 Å². The van der Waals surface area contributed by atoms with Crippen molar-refractivity contribution in [2.24, 2.45) is 7.05 Å². The molecule has 0 amide bonds. The third kappa shape index (κ3) is 2.46. The molecule has 3 aromatic rings. The molecule has 1 fully saturated rings. The van der Waals surface area contributed by atoms with Crippen molar-refractivity contribution in [2.45, 2.75) is 6.54 Å². The predicted molar refractivity (Wildman–Crippen MR) is 84.7 cm³/mol. The summed E-state index contributed by atoms with van der Waals surface area (Å²) < 4.78 is 7.74. The number of aryl methyl sites for hydroxylation is 1. The van der Waals surface area contributed by atoms with Crippen LogP contribution in [0.3, 0.4) is 0 Å². The molecular formula is C16H19N5O. The highest BCUT2D eigenvalue weighted by atomic mass is 16.3. The van der Waals surface area contributed by atoms with Gasteiger partial charge in [-0.25, -0.2) is 4.98 Å². The molecule has 1 saturated heterocycles. The summed E-state index contributed by atoms with van der Waals surface area (Å²) in [6.07, 6.45) is 1.85. The van der Waals surface area contributed by atoms with E-state index in [-0.39, 0.29) is 0 Å². The zero-order chi connectivity index (χ0) is 14.9. The van der Waals surface area contributed by atoms with E-state index in [4.69, 9.17) is 4.42 Å². The Bertz CT molecular complexity index is 737. The van der Waals surface area contributed by atoms with Gasteiger partial charge >= 0.3 is 0 Å². The average Bonchev–Trinajstić information content (AvgIpc) is 3.13. The van der Waals surface area contributed by atoms with Gasteiger partial charge in [-0.15, -0.1) is 0 Å². The second kappa shape index (κ2) is 5.46. The Labute approximate surface area is 128 Å². The fraction of sp³-hybridized carbons (Fsp3) is 0.375. The Morgan fingerprint density at radius 3 is 2.64 bits per heavy atom. The lowest BCUT2D eigenvalue weighted by Gasteiger charge is -2.35. The van der Waals surface area contributed by atoms with Gasteiger partial charge in [0.15, 0.2) is 5.58 Å². The Morgan fingerprint density at radius 1 is 1.09 bits per heavy atom. The maximum atomic E-state index is 5.81. The molecule has 0 unspecified atom stereocenters. The summed E-state index contributed by atoms with van der Waals surface area (Å²) in [6, 6.07) is 9.98. The van der Waals surface area contributed by atoms with Gasteiger partial charge < -0.3 is 9.32 Å². The molecule has 22 heavy (non-hydrogen) atoms. The van der Waals surface area contributed by atoms with Gasteiger partial charge in [-0.2, -0.15) is 5.10 Å². The first-order valence-electron chi connectivity index (χ1n) is 7.59. The summed E-state index contributed by atoms with van der Waals surface area (Å²) in [6.45, 7) is 4.78. The quantitative estimate of drug-likeness (QED) is 0.739. The fourth-order valence-corrected chi connectivity index (χ4v) is 2.99. The second-order valence-corrected chi connectivity index (χ2v) is 5.65. The molecule has 0 N–H and O–H groups in total. The fourth-order valence-electron chi connectivity index (χ4n) is 2.99. The van der Waals surface area contributed by atoms with Crippen LogP contribution in [0.15, 0.2) is 40.9 Å². The summed E-state index contributed by atoms with van der Waals surface area (Å²) in [5.74, 6) is 1.98. The lowest BCUT2D eigenvalue weighted by Crippen LogP contribution is -2.46. The van der Waals surface area contributed by atoms with Crippen molar-refractivity contribution in [3.63, 3.8) is 0 Å². The van der Waals surface area contributed by atoms with Crippen LogP contribution >= 0.6 is 0 Å². The molecule has 1 aliphatic rings. The molecule has 6 nitrogen and oxygen atoms in total. The molecule has 0 radical (unpaired) electrons. The van der Waals surface area contributed by atoms with E-state index < -0.39 is 0 Å². The van der Waals surface area contributed by atoms with Gasteiger partial charge in [0.1, 0.15) is 11.3 Å². The summed E-state index contributed by atoms with van der Waals surface area (Å²) >= 11 is 0. The van der Waals surface area contributed by atoms with Crippen molar-refractivity contribution in [3.8, 4) is 0 Å². The van der Waals surface area contributed by atoms with Crippen molar-refractivity contribution in [3.05, 3.63) is 42.4 Å². The minimum absolute atomic E-state index is 0.772. The summed E-state index contributed by atoms with van der Waals surface area (Å²) in [5.41, 5.74) is 1.80. The Kier molecular flexibility index (Phi) is 3.31. The number of para-hydroxylation sites is 2. The SMILES string of the molecule is Cn1nccc1N1CCN(Cc2nc3ccccc3o2)CC1. The number of anilines is 1. The number of fused-ring (bicyclic) bond motifs is 1. The molecular weight excluding hydrogens is 278 g/mol. The number of hydrogen-bond acceptors (Lipinski definition) is 5. The van der Waals surface area contributed by atoms with Crippen LogP contribution in [0.5, 0.6) is 0 Å². The summed E-state index contributed by atoms with van der Waals surface area (Å²) in [7, 11) is 1.99. The summed E-state index contributed by atoms with van der Waals surface area (Å²) in [5, 5.41) is 4.24. The third-order valence-electron chi connectivity index (χ3n) is 4.19. The van der Waals surface area contributed by atoms with Gasteiger partial charge in [0, 0.05) is 39.3 Å². The molecule has 2 aromatic heterocycles. The standard InChI is InChI=1S/C16H19N5O/c1-19-16(6-7-17-19)21-10-8-20(9-11-21)12-15-18-13-4-2-3-5-14(13)22-15/h2-7H,8-12H2,1H3. The van der Waals surface area contributed by atoms with E-state index in [1.54, 1.807) is 0 Å². The zero-order valence-corrected chi connectivity index (χ0v) is 12.6. The van der Waals surface area contributed by atoms with Crippen molar-refractivity contribution in [1.82, 2.24) is 19.7 Å². The Morgan fingerprint density at radius 2 is 1.91 bits per heavy atom. The first kappa shape index (κ1) is 13.3. The van der Waals surface area contributed by atoms with E-state index in [0.29, 0.717) is 0 Å². The van der Waals surface area contributed by atoms with Gasteiger partial charge in [0.05, 0.1) is 12.7 Å². The van der Waals surface area contributed by atoms with Gasteiger partial charge in [-0.05, 0) is 12.1 Å². The zero-order valence-electron chi connectivity index (χ0n) is 12.6. The highest BCUT2D eigenvalue weighted by molar-refractivity contribution is 5.72. The lowest BCUT2D eigenvalue weighted by molar-refractivity contribution is 0.227. The van der Waals surface area contributed by atoms with Crippen LogP contribution in [-0.4, -0.2) is 45.8 Å². The van der Waals surface area contributed by atoms with Gasteiger partial charge in [0.25, 0.3) is 0 Å². The van der Waals surface area contributed by atoms with Crippen LogP contribution in [0.1, 0.15) is 5.89 Å². The van der Waals surface area contributed by atoms with Crippen LogP contribution < -0.4 is 4.90 Å². The molecule has 0 aliphatic carbocycles. The molecule has 114 valence electrons.